The lowest BCUT2D eigenvalue weighted by Gasteiger charge is -2.12. The van der Waals surface area contributed by atoms with Crippen LogP contribution < -0.4 is 4.74 Å². The van der Waals surface area contributed by atoms with Crippen LogP contribution in [0.3, 0.4) is 0 Å². The number of aliphatic hydroxyl groups is 1. The molecule has 0 aliphatic heterocycles. The molecule has 0 bridgehead atoms. The van der Waals surface area contributed by atoms with E-state index in [1.165, 1.54) is 25.1 Å². The van der Waals surface area contributed by atoms with Crippen LogP contribution in [0.5, 0.6) is 5.75 Å². The minimum Gasteiger partial charge on any atom is -0.483 e. The summed E-state index contributed by atoms with van der Waals surface area (Å²) in [5.74, 6) is 1.04. The molecule has 2 rings (SSSR count). The summed E-state index contributed by atoms with van der Waals surface area (Å²) in [7, 11) is 0. The Kier molecular flexibility index (Phi) is 3.94. The van der Waals surface area contributed by atoms with E-state index in [0.29, 0.717) is 17.2 Å². The van der Waals surface area contributed by atoms with E-state index < -0.39 is 11.0 Å². The molecule has 8 nitrogen and oxygen atoms in total. The predicted octanol–water partition coefficient (Wildman–Crippen LogP) is 1.92. The van der Waals surface area contributed by atoms with E-state index in [9.17, 15) is 15.2 Å². The number of nitro groups is 1. The number of rotatable bonds is 5. The lowest BCUT2D eigenvalue weighted by atomic mass is 10.1. The zero-order chi connectivity index (χ0) is 14.7. The molecule has 106 valence electrons. The summed E-state index contributed by atoms with van der Waals surface area (Å²) in [6.45, 7) is 3.19. The number of ether oxygens (including phenoxy) is 1. The Morgan fingerprint density at radius 2 is 2.25 bits per heavy atom. The molecule has 0 saturated heterocycles. The third-order valence-corrected chi connectivity index (χ3v) is 2.57. The Balaban J connectivity index is 2.20. The predicted molar refractivity (Wildman–Crippen MR) is 67.1 cm³/mol. The van der Waals surface area contributed by atoms with Gasteiger partial charge in [-0.15, -0.1) is 10.2 Å². The first-order valence-electron chi connectivity index (χ1n) is 5.85. The maximum atomic E-state index is 10.7. The molecule has 0 spiro atoms. The molecule has 0 radical (unpaired) electrons. The quantitative estimate of drug-likeness (QED) is 0.657. The van der Waals surface area contributed by atoms with Gasteiger partial charge in [0.05, 0.1) is 11.0 Å². The van der Waals surface area contributed by atoms with E-state index in [2.05, 4.69) is 10.2 Å². The van der Waals surface area contributed by atoms with Gasteiger partial charge in [-0.05, 0) is 13.0 Å². The van der Waals surface area contributed by atoms with Crippen molar-refractivity contribution in [1.82, 2.24) is 10.2 Å². The minimum atomic E-state index is -0.894. The monoisotopic (exact) mass is 279 g/mol. The first-order valence-corrected chi connectivity index (χ1v) is 5.85. The third kappa shape index (κ3) is 3.09. The molecule has 0 fully saturated rings. The van der Waals surface area contributed by atoms with E-state index in [4.69, 9.17) is 9.15 Å². The molecule has 1 N–H and O–H groups in total. The van der Waals surface area contributed by atoms with Gasteiger partial charge in [0.25, 0.3) is 11.6 Å². The van der Waals surface area contributed by atoms with Crippen molar-refractivity contribution in [2.75, 3.05) is 0 Å². The molecule has 1 aromatic heterocycles. The fourth-order valence-corrected chi connectivity index (χ4v) is 1.64. The van der Waals surface area contributed by atoms with Gasteiger partial charge in [0.1, 0.15) is 5.75 Å². The largest absolute Gasteiger partial charge is 0.483 e. The SMILES string of the molecule is Cc1nnc(COc2ccc([N+](=O)[O-])cc2C(C)O)o1. The molecule has 1 aromatic carbocycles. The minimum absolute atomic E-state index is 0.0262. The maximum Gasteiger partial charge on any atom is 0.270 e. The van der Waals surface area contributed by atoms with Gasteiger partial charge in [0.2, 0.25) is 5.89 Å². The highest BCUT2D eigenvalue weighted by Gasteiger charge is 2.16. The number of nitro benzene ring substituents is 1. The molecule has 0 saturated carbocycles. The zero-order valence-corrected chi connectivity index (χ0v) is 10.9. The summed E-state index contributed by atoms with van der Waals surface area (Å²) in [5, 5.41) is 27.8. The van der Waals surface area contributed by atoms with Crippen LogP contribution in [0.15, 0.2) is 22.6 Å². The van der Waals surface area contributed by atoms with Crippen molar-refractivity contribution in [3.63, 3.8) is 0 Å². The highest BCUT2D eigenvalue weighted by atomic mass is 16.6. The molecule has 2 aromatic rings. The number of hydrogen-bond acceptors (Lipinski definition) is 7. The van der Waals surface area contributed by atoms with Crippen LogP contribution >= 0.6 is 0 Å². The van der Waals surface area contributed by atoms with Crippen molar-refractivity contribution >= 4 is 5.69 Å². The van der Waals surface area contributed by atoms with E-state index >= 15 is 0 Å². The van der Waals surface area contributed by atoms with Crippen molar-refractivity contribution in [1.29, 1.82) is 0 Å². The molecule has 0 amide bonds. The number of aromatic nitrogens is 2. The van der Waals surface area contributed by atoms with Crippen molar-refractivity contribution < 1.29 is 19.2 Å². The second kappa shape index (κ2) is 5.66. The van der Waals surface area contributed by atoms with Gasteiger partial charge < -0.3 is 14.3 Å². The van der Waals surface area contributed by atoms with Gasteiger partial charge in [-0.25, -0.2) is 0 Å². The van der Waals surface area contributed by atoms with E-state index in [0.717, 1.165) is 0 Å². The molecule has 0 aliphatic rings. The average molecular weight is 279 g/mol. The summed E-state index contributed by atoms with van der Waals surface area (Å²) >= 11 is 0. The van der Waals surface area contributed by atoms with Crippen LogP contribution in [0.1, 0.15) is 30.4 Å². The number of nitrogens with zero attached hydrogens (tertiary/aromatic N) is 3. The fourth-order valence-electron chi connectivity index (χ4n) is 1.64. The molecule has 8 heteroatoms. The topological polar surface area (TPSA) is 112 Å². The summed E-state index contributed by atoms with van der Waals surface area (Å²) in [6, 6.07) is 4.02. The summed E-state index contributed by atoms with van der Waals surface area (Å²) in [4.78, 5) is 10.2. The molecular formula is C12H13N3O5. The summed E-state index contributed by atoms with van der Waals surface area (Å²) < 4.78 is 10.6. The van der Waals surface area contributed by atoms with Gasteiger partial charge in [-0.2, -0.15) is 0 Å². The Hall–Kier alpha value is -2.48. The van der Waals surface area contributed by atoms with E-state index in [-0.39, 0.29) is 18.2 Å². The van der Waals surface area contributed by atoms with Gasteiger partial charge in [-0.1, -0.05) is 0 Å². The average Bonchev–Trinajstić information content (AvgIpc) is 2.81. The number of benzene rings is 1. The molecule has 1 unspecified atom stereocenters. The molecule has 20 heavy (non-hydrogen) atoms. The van der Waals surface area contributed by atoms with E-state index in [1.807, 2.05) is 0 Å². The number of non-ortho nitro benzene ring substituents is 1. The molecule has 0 aliphatic carbocycles. The highest BCUT2D eigenvalue weighted by molar-refractivity contribution is 5.44. The van der Waals surface area contributed by atoms with Crippen molar-refractivity contribution in [3.8, 4) is 5.75 Å². The van der Waals surface area contributed by atoms with Crippen LogP contribution in [-0.2, 0) is 6.61 Å². The number of aryl methyl sites for hydroxylation is 1. The Bertz CT molecular complexity index is 623. The Morgan fingerprint density at radius 3 is 2.80 bits per heavy atom. The molecule has 1 heterocycles. The Morgan fingerprint density at radius 1 is 1.50 bits per heavy atom. The van der Waals surface area contributed by atoms with E-state index in [1.54, 1.807) is 6.92 Å². The Labute approximate surface area is 114 Å². The van der Waals surface area contributed by atoms with Gasteiger partial charge in [0.15, 0.2) is 6.61 Å². The first-order chi connectivity index (χ1) is 9.47. The van der Waals surface area contributed by atoms with Crippen LogP contribution in [0.25, 0.3) is 0 Å². The molecule has 1 atom stereocenters. The van der Waals surface area contributed by atoms with Crippen LogP contribution in [0.2, 0.25) is 0 Å². The van der Waals surface area contributed by atoms with Gasteiger partial charge in [-0.3, -0.25) is 10.1 Å². The second-order valence-electron chi connectivity index (χ2n) is 4.16. The summed E-state index contributed by atoms with van der Waals surface area (Å²) in [5.41, 5.74) is 0.220. The number of hydrogen-bond donors (Lipinski definition) is 1. The maximum absolute atomic E-state index is 10.7. The zero-order valence-electron chi connectivity index (χ0n) is 10.9. The van der Waals surface area contributed by atoms with Crippen LogP contribution in [-0.4, -0.2) is 20.2 Å². The normalized spacial score (nSPS) is 12.2. The third-order valence-electron chi connectivity index (χ3n) is 2.57. The fraction of sp³-hybridized carbons (Fsp3) is 0.333. The molecular weight excluding hydrogens is 266 g/mol. The first kappa shape index (κ1) is 13.9. The van der Waals surface area contributed by atoms with Crippen molar-refractivity contribution in [3.05, 3.63) is 45.7 Å². The standard InChI is InChI=1S/C12H13N3O5/c1-7(16)10-5-9(15(17)18)3-4-11(10)19-6-12-14-13-8(2)20-12/h3-5,7,16H,6H2,1-2H3. The highest BCUT2D eigenvalue weighted by Crippen LogP contribution is 2.29. The summed E-state index contributed by atoms with van der Waals surface area (Å²) in [6.07, 6.45) is -0.894. The number of aliphatic hydroxyl groups excluding tert-OH is 1. The van der Waals surface area contributed by atoms with Crippen LogP contribution in [0.4, 0.5) is 5.69 Å². The lowest BCUT2D eigenvalue weighted by molar-refractivity contribution is -0.385. The van der Waals surface area contributed by atoms with Crippen molar-refractivity contribution in [2.24, 2.45) is 0 Å². The van der Waals surface area contributed by atoms with Gasteiger partial charge in [0, 0.05) is 24.6 Å². The van der Waals surface area contributed by atoms with Crippen LogP contribution in [0, 0.1) is 17.0 Å². The smallest absolute Gasteiger partial charge is 0.270 e. The lowest BCUT2D eigenvalue weighted by Crippen LogP contribution is -2.02. The van der Waals surface area contributed by atoms with Crippen molar-refractivity contribution in [2.45, 2.75) is 26.6 Å². The second-order valence-corrected chi connectivity index (χ2v) is 4.16. The van der Waals surface area contributed by atoms with Gasteiger partial charge >= 0.3 is 0 Å².